The van der Waals surface area contributed by atoms with E-state index in [0.717, 1.165) is 11.3 Å². The Hall–Kier alpha value is -2.51. The summed E-state index contributed by atoms with van der Waals surface area (Å²) < 4.78 is 26.5. The second kappa shape index (κ2) is 9.26. The highest BCUT2D eigenvalue weighted by atomic mass is 32.2. The van der Waals surface area contributed by atoms with Crippen LogP contribution in [0.2, 0.25) is 0 Å². The number of hydrogen-bond acceptors (Lipinski definition) is 4. The Kier molecular flexibility index (Phi) is 7.06. The van der Waals surface area contributed by atoms with E-state index in [2.05, 4.69) is 29.1 Å². The average Bonchev–Trinajstić information content (AvgIpc) is 2.64. The highest BCUT2D eigenvalue weighted by Gasteiger charge is 2.15. The van der Waals surface area contributed by atoms with Gasteiger partial charge in [0.1, 0.15) is 0 Å². The van der Waals surface area contributed by atoms with Crippen LogP contribution in [0.1, 0.15) is 25.8 Å². The van der Waals surface area contributed by atoms with Crippen molar-refractivity contribution in [3.63, 3.8) is 0 Å². The van der Waals surface area contributed by atoms with Crippen molar-refractivity contribution in [2.24, 2.45) is 11.0 Å². The zero-order valence-corrected chi connectivity index (χ0v) is 15.7. The predicted molar refractivity (Wildman–Crippen MR) is 102 cm³/mol. The molecule has 0 saturated carbocycles. The van der Waals surface area contributed by atoms with Crippen molar-refractivity contribution in [1.29, 1.82) is 0 Å². The summed E-state index contributed by atoms with van der Waals surface area (Å²) in [4.78, 5) is 12.1. The molecular formula is C19H23N3O3S. The molecule has 2 aromatic rings. The van der Waals surface area contributed by atoms with Gasteiger partial charge in [-0.2, -0.15) is 5.10 Å². The summed E-state index contributed by atoms with van der Waals surface area (Å²) in [7, 11) is -3.72. The summed E-state index contributed by atoms with van der Waals surface area (Å²) in [6.07, 6.45) is 0.694. The molecule has 2 N–H and O–H groups in total. The van der Waals surface area contributed by atoms with Crippen molar-refractivity contribution in [2.75, 3.05) is 6.54 Å². The lowest BCUT2D eigenvalue weighted by molar-refractivity contribution is -0.119. The van der Waals surface area contributed by atoms with Crippen LogP contribution >= 0.6 is 0 Å². The van der Waals surface area contributed by atoms with Crippen LogP contribution in [0.15, 0.2) is 70.7 Å². The highest BCUT2D eigenvalue weighted by Crippen LogP contribution is 2.10. The van der Waals surface area contributed by atoms with E-state index >= 15 is 0 Å². The molecule has 0 radical (unpaired) electrons. The van der Waals surface area contributed by atoms with Crippen molar-refractivity contribution < 1.29 is 13.2 Å². The van der Waals surface area contributed by atoms with Crippen molar-refractivity contribution in [3.8, 4) is 0 Å². The van der Waals surface area contributed by atoms with Gasteiger partial charge in [0.05, 0.1) is 17.2 Å². The number of carbonyl (C=O) groups excluding carboxylic acids is 1. The van der Waals surface area contributed by atoms with Gasteiger partial charge in [-0.25, -0.2) is 18.6 Å². The number of rotatable bonds is 8. The summed E-state index contributed by atoms with van der Waals surface area (Å²) in [5, 5.41) is 4.19. The third-order valence-corrected chi connectivity index (χ3v) is 4.92. The lowest BCUT2D eigenvalue weighted by atomic mass is 10.0. The van der Waals surface area contributed by atoms with E-state index in [1.165, 1.54) is 12.1 Å². The molecule has 138 valence electrons. The van der Waals surface area contributed by atoms with Gasteiger partial charge in [-0.15, -0.1) is 0 Å². The molecule has 2 rings (SSSR count). The van der Waals surface area contributed by atoms with Crippen molar-refractivity contribution in [3.05, 3.63) is 66.2 Å². The molecule has 2 aromatic carbocycles. The standard InChI is InChI=1S/C19H23N3O3S/c1-15(2)13-18(16-9-5-3-6-10-16)21-22-19(23)14-20-26(24,25)17-11-7-4-8-12-17/h3-12,15,20H,13-14H2,1-2H3,(H,22,23)/b21-18-. The number of amides is 1. The molecule has 6 nitrogen and oxygen atoms in total. The lowest BCUT2D eigenvalue weighted by Gasteiger charge is -2.10. The third-order valence-electron chi connectivity index (χ3n) is 3.50. The molecule has 26 heavy (non-hydrogen) atoms. The first-order chi connectivity index (χ1) is 12.4. The molecule has 0 bridgehead atoms. The normalized spacial score (nSPS) is 12.2. The molecule has 0 heterocycles. The summed E-state index contributed by atoms with van der Waals surface area (Å²) in [5.74, 6) is -0.163. The summed E-state index contributed by atoms with van der Waals surface area (Å²) >= 11 is 0. The Morgan fingerprint density at radius 2 is 1.58 bits per heavy atom. The minimum atomic E-state index is -3.72. The maximum Gasteiger partial charge on any atom is 0.255 e. The summed E-state index contributed by atoms with van der Waals surface area (Å²) in [6, 6.07) is 17.5. The molecule has 0 aromatic heterocycles. The summed E-state index contributed by atoms with van der Waals surface area (Å²) in [5.41, 5.74) is 4.11. The number of carbonyl (C=O) groups is 1. The minimum absolute atomic E-state index is 0.112. The van der Waals surface area contributed by atoms with Gasteiger partial charge in [-0.3, -0.25) is 4.79 Å². The minimum Gasteiger partial charge on any atom is -0.272 e. The van der Waals surface area contributed by atoms with E-state index in [-0.39, 0.29) is 11.4 Å². The smallest absolute Gasteiger partial charge is 0.255 e. The van der Waals surface area contributed by atoms with E-state index in [9.17, 15) is 13.2 Å². The number of hydrazone groups is 1. The van der Waals surface area contributed by atoms with Gasteiger partial charge in [0, 0.05) is 0 Å². The van der Waals surface area contributed by atoms with Crippen LogP contribution in [0, 0.1) is 5.92 Å². The highest BCUT2D eigenvalue weighted by molar-refractivity contribution is 7.89. The fourth-order valence-electron chi connectivity index (χ4n) is 2.26. The quantitative estimate of drug-likeness (QED) is 0.551. The molecule has 0 atom stereocenters. The first-order valence-corrected chi connectivity index (χ1v) is 9.82. The SMILES string of the molecule is CC(C)C/C(=N/NC(=O)CNS(=O)(=O)c1ccccc1)c1ccccc1. The van der Waals surface area contributed by atoms with E-state index in [1.54, 1.807) is 18.2 Å². The number of sulfonamides is 1. The molecule has 0 aliphatic heterocycles. The molecule has 0 spiro atoms. The molecule has 0 fully saturated rings. The molecule has 1 amide bonds. The van der Waals surface area contributed by atoms with Crippen molar-refractivity contribution in [2.45, 2.75) is 25.2 Å². The van der Waals surface area contributed by atoms with Crippen molar-refractivity contribution in [1.82, 2.24) is 10.1 Å². The van der Waals surface area contributed by atoms with E-state index in [0.29, 0.717) is 12.3 Å². The van der Waals surface area contributed by atoms with Crippen LogP contribution in [0.3, 0.4) is 0 Å². The Morgan fingerprint density at radius 1 is 1.00 bits per heavy atom. The number of benzene rings is 2. The lowest BCUT2D eigenvalue weighted by Crippen LogP contribution is -2.35. The van der Waals surface area contributed by atoms with E-state index < -0.39 is 15.9 Å². The number of nitrogens with one attached hydrogen (secondary N) is 2. The van der Waals surface area contributed by atoms with Gasteiger partial charge in [0.15, 0.2) is 0 Å². The predicted octanol–water partition coefficient (Wildman–Crippen LogP) is 2.53. The Labute approximate surface area is 154 Å². The Morgan fingerprint density at radius 3 is 2.15 bits per heavy atom. The van der Waals surface area contributed by atoms with E-state index in [1.807, 2.05) is 30.3 Å². The largest absolute Gasteiger partial charge is 0.272 e. The number of hydrogen-bond donors (Lipinski definition) is 2. The van der Waals surface area contributed by atoms with Crippen LogP contribution in [0.5, 0.6) is 0 Å². The van der Waals surface area contributed by atoms with Gasteiger partial charge in [-0.1, -0.05) is 62.4 Å². The van der Waals surface area contributed by atoms with E-state index in [4.69, 9.17) is 0 Å². The fraction of sp³-hybridized carbons (Fsp3) is 0.263. The number of nitrogens with zero attached hydrogens (tertiary/aromatic N) is 1. The first kappa shape index (κ1) is 19.8. The van der Waals surface area contributed by atoms with Crippen LogP contribution in [0.25, 0.3) is 0 Å². The maximum atomic E-state index is 12.1. The van der Waals surface area contributed by atoms with Crippen LogP contribution < -0.4 is 10.1 Å². The van der Waals surface area contributed by atoms with Gasteiger partial charge < -0.3 is 0 Å². The van der Waals surface area contributed by atoms with Crippen LogP contribution in [-0.2, 0) is 14.8 Å². The summed E-state index contributed by atoms with van der Waals surface area (Å²) in [6.45, 7) is 3.74. The van der Waals surface area contributed by atoms with Gasteiger partial charge in [0.25, 0.3) is 5.91 Å². The van der Waals surface area contributed by atoms with Crippen molar-refractivity contribution >= 4 is 21.6 Å². The average molecular weight is 373 g/mol. The molecule has 0 saturated heterocycles. The molecule has 0 unspecified atom stereocenters. The molecule has 0 aliphatic carbocycles. The topological polar surface area (TPSA) is 87.6 Å². The fourth-order valence-corrected chi connectivity index (χ4v) is 3.26. The van der Waals surface area contributed by atoms with Crippen LogP contribution in [-0.4, -0.2) is 26.6 Å². The first-order valence-electron chi connectivity index (χ1n) is 8.34. The second-order valence-electron chi connectivity index (χ2n) is 6.20. The van der Waals surface area contributed by atoms with Crippen LogP contribution in [0.4, 0.5) is 0 Å². The Bertz CT molecular complexity index is 848. The van der Waals surface area contributed by atoms with Gasteiger partial charge >= 0.3 is 0 Å². The third kappa shape index (κ3) is 6.09. The maximum absolute atomic E-state index is 12.1. The second-order valence-corrected chi connectivity index (χ2v) is 7.96. The molecular weight excluding hydrogens is 350 g/mol. The Balaban J connectivity index is 2.00. The monoisotopic (exact) mass is 373 g/mol. The zero-order chi connectivity index (χ0) is 19.0. The molecule has 0 aliphatic rings. The van der Waals surface area contributed by atoms with Gasteiger partial charge in [0.2, 0.25) is 10.0 Å². The molecule has 7 heteroatoms. The zero-order valence-electron chi connectivity index (χ0n) is 14.8. The van der Waals surface area contributed by atoms with Gasteiger partial charge in [-0.05, 0) is 30.0 Å².